The Balaban J connectivity index is 0.000000810. The Morgan fingerprint density at radius 3 is 2.80 bits per heavy atom. The fourth-order valence-corrected chi connectivity index (χ4v) is 0.817. The summed E-state index contributed by atoms with van der Waals surface area (Å²) < 4.78 is 4.83. The molecular formula is C5H7KO4. The second-order valence-corrected chi connectivity index (χ2v) is 1.90. The molecule has 1 atom stereocenters. The van der Waals surface area contributed by atoms with Gasteiger partial charge in [0.05, 0.1) is 0 Å². The quantitative estimate of drug-likeness (QED) is 0.228. The fourth-order valence-electron chi connectivity index (χ4n) is 0.817. The van der Waals surface area contributed by atoms with Gasteiger partial charge in [-0.25, -0.2) is 4.79 Å². The molecule has 10 heavy (non-hydrogen) atoms. The van der Waals surface area contributed by atoms with E-state index in [0.29, 0.717) is 13.0 Å². The van der Waals surface area contributed by atoms with Crippen LogP contribution in [0, 0.1) is 0 Å². The number of hydrogen-bond acceptors (Lipinski definition) is 4. The topological polar surface area (TPSA) is 58.6 Å². The van der Waals surface area contributed by atoms with Gasteiger partial charge in [-0.2, -0.15) is 0 Å². The molecule has 1 aliphatic heterocycles. The SMILES string of the molecule is O=C(O[O-])C1CCCO1.[K+]. The molecule has 1 aliphatic rings. The summed E-state index contributed by atoms with van der Waals surface area (Å²) in [5.41, 5.74) is 0. The molecule has 0 aliphatic carbocycles. The molecule has 0 aromatic carbocycles. The van der Waals surface area contributed by atoms with Crippen LogP contribution in [0.1, 0.15) is 12.8 Å². The molecule has 0 bridgehead atoms. The van der Waals surface area contributed by atoms with Gasteiger partial charge < -0.3 is 14.9 Å². The van der Waals surface area contributed by atoms with Crippen molar-refractivity contribution < 1.29 is 71.1 Å². The van der Waals surface area contributed by atoms with E-state index in [4.69, 9.17) is 4.74 Å². The van der Waals surface area contributed by atoms with E-state index in [0.717, 1.165) is 6.42 Å². The summed E-state index contributed by atoms with van der Waals surface area (Å²) in [7, 11) is 0. The van der Waals surface area contributed by atoms with Crippen LogP contribution in [0.5, 0.6) is 0 Å². The third-order valence-electron chi connectivity index (χ3n) is 1.27. The van der Waals surface area contributed by atoms with Crippen LogP contribution in [0.2, 0.25) is 0 Å². The molecule has 1 heterocycles. The summed E-state index contributed by atoms with van der Waals surface area (Å²) >= 11 is 0. The van der Waals surface area contributed by atoms with Gasteiger partial charge in [-0.05, 0) is 12.8 Å². The largest absolute Gasteiger partial charge is 1.00 e. The zero-order valence-electron chi connectivity index (χ0n) is 5.83. The maximum atomic E-state index is 10.4. The molecule has 0 aromatic rings. The predicted octanol–water partition coefficient (Wildman–Crippen LogP) is -4.01. The molecule has 0 aromatic heterocycles. The van der Waals surface area contributed by atoms with Crippen LogP contribution >= 0.6 is 0 Å². The molecule has 1 saturated heterocycles. The average molecular weight is 170 g/mol. The Labute approximate surface area is 101 Å². The van der Waals surface area contributed by atoms with E-state index < -0.39 is 12.1 Å². The molecular weight excluding hydrogens is 163 g/mol. The standard InChI is InChI=1S/C5H8O4.K/c6-5(9-7)4-2-1-3-8-4;/h4,7H,1-3H2;/q;+1/p-1. The Kier molecular flexibility index (Phi) is 6.23. The number of ether oxygens (including phenoxy) is 1. The number of rotatable bonds is 1. The van der Waals surface area contributed by atoms with Crippen LogP contribution in [0.4, 0.5) is 0 Å². The van der Waals surface area contributed by atoms with Gasteiger partial charge in [-0.3, -0.25) is 0 Å². The Morgan fingerprint density at radius 1 is 1.70 bits per heavy atom. The first-order valence-electron chi connectivity index (χ1n) is 2.80. The second-order valence-electron chi connectivity index (χ2n) is 1.90. The summed E-state index contributed by atoms with van der Waals surface area (Å²) in [6.45, 7) is 0.555. The number of carbonyl (C=O) groups excluding carboxylic acids is 1. The third-order valence-corrected chi connectivity index (χ3v) is 1.27. The van der Waals surface area contributed by atoms with E-state index >= 15 is 0 Å². The van der Waals surface area contributed by atoms with Crippen molar-refractivity contribution in [2.75, 3.05) is 6.61 Å². The molecule has 0 N–H and O–H groups in total. The zero-order valence-corrected chi connectivity index (χ0v) is 8.95. The smallest absolute Gasteiger partial charge is 0.662 e. The summed E-state index contributed by atoms with van der Waals surface area (Å²) in [4.78, 5) is 13.6. The predicted molar refractivity (Wildman–Crippen MR) is 25.1 cm³/mol. The van der Waals surface area contributed by atoms with Crippen molar-refractivity contribution in [1.82, 2.24) is 0 Å². The first-order valence-corrected chi connectivity index (χ1v) is 2.80. The van der Waals surface area contributed by atoms with E-state index in [2.05, 4.69) is 4.89 Å². The van der Waals surface area contributed by atoms with Gasteiger partial charge >= 0.3 is 57.4 Å². The Morgan fingerprint density at radius 2 is 2.40 bits per heavy atom. The van der Waals surface area contributed by atoms with Gasteiger partial charge in [0.25, 0.3) is 0 Å². The van der Waals surface area contributed by atoms with Crippen LogP contribution in [0.15, 0.2) is 0 Å². The van der Waals surface area contributed by atoms with Crippen molar-refractivity contribution in [2.45, 2.75) is 18.9 Å². The summed E-state index contributed by atoms with van der Waals surface area (Å²) in [5.74, 6) is -0.799. The third kappa shape index (κ3) is 2.96. The Hall–Kier alpha value is 1.03. The van der Waals surface area contributed by atoms with Gasteiger partial charge in [0, 0.05) is 6.61 Å². The van der Waals surface area contributed by atoms with Gasteiger partial charge in [-0.15, -0.1) is 0 Å². The second kappa shape index (κ2) is 5.65. The first kappa shape index (κ1) is 11.0. The zero-order chi connectivity index (χ0) is 6.69. The molecule has 1 unspecified atom stereocenters. The first-order chi connectivity index (χ1) is 4.34. The fraction of sp³-hybridized carbons (Fsp3) is 0.800. The number of carbonyl (C=O) groups is 1. The minimum Gasteiger partial charge on any atom is -0.662 e. The van der Waals surface area contributed by atoms with Crippen LogP contribution in [0.3, 0.4) is 0 Å². The van der Waals surface area contributed by atoms with Gasteiger partial charge in [0.1, 0.15) is 0 Å². The summed E-state index contributed by atoms with van der Waals surface area (Å²) in [5, 5.41) is 9.49. The monoisotopic (exact) mass is 170 g/mol. The minimum atomic E-state index is -0.799. The van der Waals surface area contributed by atoms with Crippen LogP contribution in [0.25, 0.3) is 0 Å². The van der Waals surface area contributed by atoms with E-state index in [1.807, 2.05) is 0 Å². The van der Waals surface area contributed by atoms with Crippen LogP contribution in [-0.2, 0) is 14.4 Å². The molecule has 52 valence electrons. The van der Waals surface area contributed by atoms with Crippen molar-refractivity contribution in [3.05, 3.63) is 0 Å². The van der Waals surface area contributed by atoms with Gasteiger partial charge in [-0.1, -0.05) is 0 Å². The van der Waals surface area contributed by atoms with Crippen molar-refractivity contribution in [3.8, 4) is 0 Å². The van der Waals surface area contributed by atoms with Crippen LogP contribution < -0.4 is 56.6 Å². The molecule has 1 rings (SSSR count). The summed E-state index contributed by atoms with van der Waals surface area (Å²) in [6.07, 6.45) is 0.850. The number of hydrogen-bond donors (Lipinski definition) is 0. The molecule has 4 nitrogen and oxygen atoms in total. The molecule has 5 heteroatoms. The van der Waals surface area contributed by atoms with Crippen molar-refractivity contribution in [1.29, 1.82) is 0 Å². The van der Waals surface area contributed by atoms with Crippen LogP contribution in [-0.4, -0.2) is 18.7 Å². The molecule has 0 saturated carbocycles. The summed E-state index contributed by atoms with van der Waals surface area (Å²) in [6, 6.07) is 0. The Bertz CT molecular complexity index is 110. The van der Waals surface area contributed by atoms with Crippen molar-refractivity contribution >= 4 is 5.97 Å². The van der Waals surface area contributed by atoms with E-state index in [1.54, 1.807) is 0 Å². The molecule has 0 radical (unpaired) electrons. The maximum Gasteiger partial charge on any atom is 1.00 e. The van der Waals surface area contributed by atoms with E-state index in [9.17, 15) is 10.1 Å². The maximum absolute atomic E-state index is 10.4. The molecule has 0 amide bonds. The van der Waals surface area contributed by atoms with Crippen molar-refractivity contribution in [3.63, 3.8) is 0 Å². The van der Waals surface area contributed by atoms with E-state index in [1.165, 1.54) is 0 Å². The minimum absolute atomic E-state index is 0. The molecule has 0 spiro atoms. The molecule has 1 fully saturated rings. The normalized spacial score (nSPS) is 23.5. The van der Waals surface area contributed by atoms with Gasteiger partial charge in [0.2, 0.25) is 0 Å². The van der Waals surface area contributed by atoms with Gasteiger partial charge in [0.15, 0.2) is 6.10 Å². The van der Waals surface area contributed by atoms with E-state index in [-0.39, 0.29) is 51.4 Å². The van der Waals surface area contributed by atoms with Crippen molar-refractivity contribution in [2.24, 2.45) is 0 Å². The average Bonchev–Trinajstić information content (AvgIpc) is 2.37.